The van der Waals surface area contributed by atoms with Gasteiger partial charge >= 0.3 is 6.18 Å². The molecule has 4 heterocycles. The molecule has 262 valence electrons. The van der Waals surface area contributed by atoms with Crippen LogP contribution in [0.1, 0.15) is 45.9 Å². The predicted octanol–water partition coefficient (Wildman–Crippen LogP) is 3.70. The first-order chi connectivity index (χ1) is 23.6. The van der Waals surface area contributed by atoms with Gasteiger partial charge in [-0.25, -0.2) is 14.6 Å². The van der Waals surface area contributed by atoms with Gasteiger partial charge in [-0.2, -0.15) is 18.3 Å². The molecule has 0 radical (unpaired) electrons. The van der Waals surface area contributed by atoms with Crippen LogP contribution in [0.5, 0.6) is 0 Å². The Morgan fingerprint density at radius 1 is 1.06 bits per heavy atom. The fourth-order valence-electron chi connectivity index (χ4n) is 7.51. The molecule has 2 amide bonds. The maximum atomic E-state index is 13.9. The van der Waals surface area contributed by atoms with Crippen LogP contribution in [0.2, 0.25) is 5.02 Å². The van der Waals surface area contributed by atoms with Crippen molar-refractivity contribution in [2.24, 2.45) is 17.8 Å². The second-order valence-corrected chi connectivity index (χ2v) is 14.2. The van der Waals surface area contributed by atoms with Crippen molar-refractivity contribution >= 4 is 40.6 Å². The van der Waals surface area contributed by atoms with Crippen molar-refractivity contribution in [2.75, 3.05) is 31.7 Å². The number of carbonyl (C=O) groups excluding carboxylic acids is 3. The zero-order chi connectivity index (χ0) is 35.7. The van der Waals surface area contributed by atoms with Gasteiger partial charge in [0.25, 0.3) is 11.8 Å². The van der Waals surface area contributed by atoms with E-state index in [9.17, 15) is 32.7 Å². The summed E-state index contributed by atoms with van der Waals surface area (Å²) in [6, 6.07) is 6.96. The van der Waals surface area contributed by atoms with E-state index < -0.39 is 23.9 Å². The standard InChI is InChI=1S/C33H33ClF3N9O4/c1-46(2)14-18(47)10-25(46)28(48)15-7-20-21(8-15)27(20)43-31(49)19-5-4-17(9-23(19)34)41-32(50)30-40-12-24(42-30)22-13-45(44-29(22)33(35,36)37)26-6-3-16(38)11-39-26/h3-6,9,11-13,15,18,20-21,25,27,47H,7-8,10,14,38H2,1-2H3,(H2-,40,41,42,43,49,50)/p+1/t15?,18-,20-,21+,25+,27?/m1/s1. The van der Waals surface area contributed by atoms with Gasteiger partial charge in [-0.3, -0.25) is 14.4 Å². The van der Waals surface area contributed by atoms with E-state index in [1.807, 2.05) is 14.1 Å². The molecule has 17 heteroatoms. The number of carbonyl (C=O) groups is 3. The molecule has 2 unspecified atom stereocenters. The maximum absolute atomic E-state index is 13.9. The number of nitrogens with one attached hydrogen (secondary N) is 3. The molecule has 6 atom stereocenters. The smallest absolute Gasteiger partial charge is 0.397 e. The predicted molar refractivity (Wildman–Crippen MR) is 175 cm³/mol. The number of Topliss-reactive ketones (excluding diaryl/α,β-unsaturated/α-hetero) is 1. The molecule has 7 rings (SSSR count). The highest BCUT2D eigenvalue weighted by Gasteiger charge is 2.60. The van der Waals surface area contributed by atoms with Gasteiger partial charge in [-0.15, -0.1) is 0 Å². The Kier molecular flexibility index (Phi) is 8.22. The number of imidazole rings is 1. The summed E-state index contributed by atoms with van der Waals surface area (Å²) in [5.41, 5.74) is 4.73. The number of nitrogens with two attached hydrogens (primary N) is 1. The Morgan fingerprint density at radius 2 is 1.80 bits per heavy atom. The molecule has 13 nitrogen and oxygen atoms in total. The van der Waals surface area contributed by atoms with Gasteiger partial charge in [-0.1, -0.05) is 11.6 Å². The van der Waals surface area contributed by atoms with E-state index in [1.165, 1.54) is 36.5 Å². The summed E-state index contributed by atoms with van der Waals surface area (Å²) < 4.78 is 43.1. The average Bonchev–Trinajstić information content (AvgIpc) is 3.62. The summed E-state index contributed by atoms with van der Waals surface area (Å²) in [6.07, 6.45) is 0.0968. The van der Waals surface area contributed by atoms with Crippen LogP contribution in [-0.4, -0.2) is 90.7 Å². The number of fused-ring (bicyclic) bond motifs is 1. The summed E-state index contributed by atoms with van der Waals surface area (Å²) in [7, 11) is 3.95. The number of nitrogen functional groups attached to an aromatic ring is 1. The molecular formula is C33H34ClF3N9O4+. The number of alkyl halides is 3. The lowest BCUT2D eigenvalue weighted by atomic mass is 9.91. The Bertz CT molecular complexity index is 1980. The maximum Gasteiger partial charge on any atom is 0.435 e. The number of aliphatic hydroxyl groups is 1. The van der Waals surface area contributed by atoms with Crippen LogP contribution in [-0.2, 0) is 11.0 Å². The summed E-state index contributed by atoms with van der Waals surface area (Å²) in [5, 5.41) is 19.4. The van der Waals surface area contributed by atoms with Gasteiger partial charge in [0.05, 0.1) is 54.0 Å². The molecule has 1 saturated heterocycles. The highest BCUT2D eigenvalue weighted by Crippen LogP contribution is 2.55. The van der Waals surface area contributed by atoms with Crippen LogP contribution < -0.4 is 16.4 Å². The van der Waals surface area contributed by atoms with Crippen molar-refractivity contribution in [1.82, 2.24) is 30.0 Å². The fourth-order valence-corrected chi connectivity index (χ4v) is 7.78. The van der Waals surface area contributed by atoms with E-state index in [4.69, 9.17) is 17.3 Å². The highest BCUT2D eigenvalue weighted by atomic mass is 35.5. The van der Waals surface area contributed by atoms with Crippen LogP contribution in [0.15, 0.2) is 48.9 Å². The molecule has 50 heavy (non-hydrogen) atoms. The average molecular weight is 713 g/mol. The van der Waals surface area contributed by atoms with Gasteiger partial charge in [0.1, 0.15) is 12.6 Å². The van der Waals surface area contributed by atoms with Crippen molar-refractivity contribution in [1.29, 1.82) is 0 Å². The van der Waals surface area contributed by atoms with Crippen molar-refractivity contribution in [3.8, 4) is 17.1 Å². The second kappa shape index (κ2) is 12.2. The van der Waals surface area contributed by atoms with Crippen molar-refractivity contribution in [2.45, 2.75) is 43.6 Å². The zero-order valence-corrected chi connectivity index (χ0v) is 27.7. The minimum Gasteiger partial charge on any atom is -0.397 e. The molecule has 4 aromatic rings. The minimum absolute atomic E-state index is 0.0560. The summed E-state index contributed by atoms with van der Waals surface area (Å²) >= 11 is 6.43. The van der Waals surface area contributed by atoms with Crippen LogP contribution in [0.3, 0.4) is 0 Å². The Balaban J connectivity index is 0.969. The van der Waals surface area contributed by atoms with Crippen LogP contribution in [0.4, 0.5) is 24.5 Å². The number of likely N-dealkylation sites (tertiary alicyclic amines) is 1. The van der Waals surface area contributed by atoms with E-state index in [1.54, 1.807) is 0 Å². The topological polar surface area (TPSA) is 181 Å². The first-order valence-corrected chi connectivity index (χ1v) is 16.4. The summed E-state index contributed by atoms with van der Waals surface area (Å²) in [6.45, 7) is 0.561. The van der Waals surface area contributed by atoms with E-state index in [2.05, 4.69) is 30.7 Å². The van der Waals surface area contributed by atoms with Gasteiger partial charge < -0.3 is 30.9 Å². The number of anilines is 2. The molecule has 1 aliphatic heterocycles. The van der Waals surface area contributed by atoms with Gasteiger partial charge in [-0.05, 0) is 55.0 Å². The molecule has 1 aromatic carbocycles. The van der Waals surface area contributed by atoms with Crippen molar-refractivity contribution in [3.63, 3.8) is 0 Å². The number of ketones is 1. The monoisotopic (exact) mass is 712 g/mol. The lowest BCUT2D eigenvalue weighted by Crippen LogP contribution is -2.50. The number of amides is 2. The molecule has 6 N–H and O–H groups in total. The van der Waals surface area contributed by atoms with Crippen LogP contribution in [0.25, 0.3) is 17.1 Å². The molecular weight excluding hydrogens is 679 g/mol. The third kappa shape index (κ3) is 6.33. The van der Waals surface area contributed by atoms with E-state index in [-0.39, 0.29) is 80.7 Å². The number of quaternary nitrogens is 1. The number of pyridine rings is 1. The molecule has 0 spiro atoms. The lowest BCUT2D eigenvalue weighted by molar-refractivity contribution is -0.894. The Hall–Kier alpha value is -4.80. The normalized spacial score (nSPS) is 25.3. The highest BCUT2D eigenvalue weighted by molar-refractivity contribution is 6.34. The van der Waals surface area contributed by atoms with E-state index in [0.717, 1.165) is 17.1 Å². The van der Waals surface area contributed by atoms with Crippen LogP contribution in [0, 0.1) is 17.8 Å². The third-order valence-electron chi connectivity index (χ3n) is 10.0. The van der Waals surface area contributed by atoms with Gasteiger partial charge in [0.2, 0.25) is 0 Å². The first-order valence-electron chi connectivity index (χ1n) is 16.0. The third-order valence-corrected chi connectivity index (χ3v) is 10.3. The number of hydrogen-bond donors (Lipinski definition) is 5. The van der Waals surface area contributed by atoms with E-state index >= 15 is 0 Å². The number of H-pyrrole nitrogens is 1. The quantitative estimate of drug-likeness (QED) is 0.172. The minimum atomic E-state index is -4.82. The lowest BCUT2D eigenvalue weighted by Gasteiger charge is -2.32. The SMILES string of the molecule is C[N+]1(C)C[C@H](O)C[C@H]1C(=O)C1C[C@@H]2C(NC(=O)c3ccc(NC(=O)c4ncc(-c5cn(-c6ccc(N)cn6)nc5C(F)(F)F)[nH]4)cc3Cl)[C@@H]2C1. The Labute approximate surface area is 288 Å². The Morgan fingerprint density at radius 3 is 2.42 bits per heavy atom. The summed E-state index contributed by atoms with van der Waals surface area (Å²) in [5.74, 6) is -0.750. The molecule has 2 aliphatic carbocycles. The van der Waals surface area contributed by atoms with E-state index in [0.29, 0.717) is 36.0 Å². The second-order valence-electron chi connectivity index (χ2n) is 13.8. The molecule has 3 aromatic heterocycles. The number of likely N-dealkylation sites (N-methyl/N-ethyl adjacent to an activating group) is 1. The van der Waals surface area contributed by atoms with Crippen molar-refractivity contribution in [3.05, 3.63) is 71.0 Å². The van der Waals surface area contributed by atoms with Gasteiger partial charge in [0.15, 0.2) is 29.2 Å². The number of hydrogen-bond acceptors (Lipinski definition) is 8. The molecule has 0 bridgehead atoms. The number of aliphatic hydroxyl groups excluding tert-OH is 1. The number of aromatic nitrogens is 5. The van der Waals surface area contributed by atoms with Gasteiger partial charge in [0, 0.05) is 30.3 Å². The molecule has 2 saturated carbocycles. The van der Waals surface area contributed by atoms with Crippen LogP contribution >= 0.6 is 11.6 Å². The van der Waals surface area contributed by atoms with Crippen molar-refractivity contribution < 1.29 is 37.1 Å². The number of halogens is 4. The number of benzene rings is 1. The summed E-state index contributed by atoms with van der Waals surface area (Å²) in [4.78, 5) is 49.9. The largest absolute Gasteiger partial charge is 0.435 e. The molecule has 3 fully saturated rings. The number of nitrogens with zero attached hydrogens (tertiary/aromatic N) is 5. The number of aromatic amines is 1. The number of rotatable bonds is 8. The molecule has 3 aliphatic rings. The fraction of sp³-hybridized carbons (Fsp3) is 0.394. The zero-order valence-electron chi connectivity index (χ0n) is 26.9. The first kappa shape index (κ1) is 33.7.